The molecule has 5 nitrogen and oxygen atoms in total. The summed E-state index contributed by atoms with van der Waals surface area (Å²) in [6.45, 7) is 2.10. The van der Waals surface area contributed by atoms with Gasteiger partial charge >= 0.3 is 0 Å². The number of hydrogen-bond donors (Lipinski definition) is 2. The minimum absolute atomic E-state index is 0. The molecule has 1 aliphatic rings. The molecule has 1 heterocycles. The molecule has 0 radical (unpaired) electrons. The second-order valence-corrected chi connectivity index (χ2v) is 6.83. The summed E-state index contributed by atoms with van der Waals surface area (Å²) >= 11 is 0. The van der Waals surface area contributed by atoms with E-state index in [-0.39, 0.29) is 35.7 Å². The fourth-order valence-electron chi connectivity index (χ4n) is 3.42. The number of anilines is 1. The molecule has 0 unspecified atom stereocenters. The highest BCUT2D eigenvalue weighted by Gasteiger charge is 2.23. The molecular weight excluding hydrogens is 482 g/mol. The maximum Gasteiger partial charge on any atom is 0.227 e. The average molecular weight is 510 g/mol. The van der Waals surface area contributed by atoms with Crippen molar-refractivity contribution in [1.82, 2.24) is 10.6 Å². The van der Waals surface area contributed by atoms with Crippen LogP contribution >= 0.6 is 24.0 Å². The van der Waals surface area contributed by atoms with Crippen LogP contribution < -0.4 is 15.5 Å². The van der Waals surface area contributed by atoms with Crippen LogP contribution in [0, 0.1) is 5.82 Å². The molecule has 3 rings (SSSR count). The highest BCUT2D eigenvalue weighted by Crippen LogP contribution is 2.27. The van der Waals surface area contributed by atoms with Crippen molar-refractivity contribution in [1.29, 1.82) is 0 Å². The van der Waals surface area contributed by atoms with E-state index in [0.29, 0.717) is 31.9 Å². The molecule has 2 aromatic carbocycles. The number of carbonyl (C=O) groups is 1. The second kappa shape index (κ2) is 11.7. The van der Waals surface area contributed by atoms with E-state index in [1.165, 1.54) is 11.6 Å². The summed E-state index contributed by atoms with van der Waals surface area (Å²) < 4.78 is 13.2. The van der Waals surface area contributed by atoms with Gasteiger partial charge in [-0.1, -0.05) is 30.3 Å². The first-order valence-electron chi connectivity index (χ1n) is 9.74. The standard InChI is InChI=1S/C22H27FN4O.HI/c1-24-22(26-14-11-17-6-4-8-19(23)16-17)25-13-5-10-21(28)27-15-12-18-7-2-3-9-20(18)27;/h2-4,6-9,16H,5,10-15H2,1H3,(H2,24,25,26);1H. The highest BCUT2D eigenvalue weighted by atomic mass is 127. The van der Waals surface area contributed by atoms with Gasteiger partial charge in [-0.25, -0.2) is 4.39 Å². The van der Waals surface area contributed by atoms with Crippen LogP contribution in [0.3, 0.4) is 0 Å². The topological polar surface area (TPSA) is 56.7 Å². The number of amides is 1. The summed E-state index contributed by atoms with van der Waals surface area (Å²) in [5, 5.41) is 6.44. The number of rotatable bonds is 7. The zero-order valence-electron chi connectivity index (χ0n) is 16.7. The molecule has 29 heavy (non-hydrogen) atoms. The van der Waals surface area contributed by atoms with Crippen molar-refractivity contribution in [2.75, 3.05) is 31.6 Å². The van der Waals surface area contributed by atoms with Gasteiger partial charge in [-0.2, -0.15) is 0 Å². The fraction of sp³-hybridized carbons (Fsp3) is 0.364. The van der Waals surface area contributed by atoms with Crippen LogP contribution in [0.5, 0.6) is 0 Å². The molecule has 1 amide bonds. The molecule has 0 fully saturated rings. The van der Waals surface area contributed by atoms with Gasteiger partial charge in [0.1, 0.15) is 5.82 Å². The normalized spacial score (nSPS) is 12.9. The Balaban J connectivity index is 0.00000300. The number of fused-ring (bicyclic) bond motifs is 1. The zero-order chi connectivity index (χ0) is 19.8. The number of carbonyl (C=O) groups excluding carboxylic acids is 1. The highest BCUT2D eigenvalue weighted by molar-refractivity contribution is 14.0. The van der Waals surface area contributed by atoms with Crippen molar-refractivity contribution in [2.45, 2.75) is 25.7 Å². The van der Waals surface area contributed by atoms with Gasteiger partial charge in [-0.3, -0.25) is 9.79 Å². The van der Waals surface area contributed by atoms with Crippen LogP contribution in [-0.2, 0) is 17.6 Å². The van der Waals surface area contributed by atoms with Gasteiger partial charge in [0.15, 0.2) is 5.96 Å². The Morgan fingerprint density at radius 1 is 1.14 bits per heavy atom. The van der Waals surface area contributed by atoms with Crippen molar-refractivity contribution in [2.24, 2.45) is 4.99 Å². The SMILES string of the molecule is CN=C(NCCCC(=O)N1CCc2ccccc21)NCCc1cccc(F)c1.I. The molecule has 0 aliphatic carbocycles. The van der Waals surface area contributed by atoms with E-state index in [1.54, 1.807) is 19.2 Å². The van der Waals surface area contributed by atoms with E-state index in [1.807, 2.05) is 29.2 Å². The first-order valence-corrected chi connectivity index (χ1v) is 9.74. The Labute approximate surface area is 188 Å². The van der Waals surface area contributed by atoms with Gasteiger partial charge < -0.3 is 15.5 Å². The molecule has 0 spiro atoms. The Morgan fingerprint density at radius 2 is 1.93 bits per heavy atom. The average Bonchev–Trinajstić information content (AvgIpc) is 3.14. The van der Waals surface area contributed by atoms with E-state index >= 15 is 0 Å². The molecule has 2 aromatic rings. The van der Waals surface area contributed by atoms with Crippen molar-refractivity contribution in [3.05, 3.63) is 65.5 Å². The molecule has 7 heteroatoms. The van der Waals surface area contributed by atoms with E-state index < -0.39 is 0 Å². The van der Waals surface area contributed by atoms with Gasteiger partial charge in [0, 0.05) is 38.8 Å². The van der Waals surface area contributed by atoms with Gasteiger partial charge in [-0.15, -0.1) is 24.0 Å². The maximum atomic E-state index is 13.2. The summed E-state index contributed by atoms with van der Waals surface area (Å²) in [7, 11) is 1.71. The Hall–Kier alpha value is -2.16. The van der Waals surface area contributed by atoms with Crippen LogP contribution in [0.1, 0.15) is 24.0 Å². The summed E-state index contributed by atoms with van der Waals surface area (Å²) in [5.41, 5.74) is 3.24. The van der Waals surface area contributed by atoms with Gasteiger partial charge in [-0.05, 0) is 48.6 Å². The molecule has 0 saturated heterocycles. The number of para-hydroxylation sites is 1. The first-order chi connectivity index (χ1) is 13.7. The predicted molar refractivity (Wildman–Crippen MR) is 127 cm³/mol. The minimum atomic E-state index is -0.217. The smallest absolute Gasteiger partial charge is 0.227 e. The monoisotopic (exact) mass is 510 g/mol. The largest absolute Gasteiger partial charge is 0.356 e. The zero-order valence-corrected chi connectivity index (χ0v) is 19.0. The number of halogens is 2. The van der Waals surface area contributed by atoms with Crippen LogP contribution in [0.4, 0.5) is 10.1 Å². The summed E-state index contributed by atoms with van der Waals surface area (Å²) in [6.07, 6.45) is 2.89. The van der Waals surface area contributed by atoms with Gasteiger partial charge in [0.05, 0.1) is 0 Å². The molecular formula is C22H28FIN4O. The summed E-state index contributed by atoms with van der Waals surface area (Å²) in [4.78, 5) is 18.6. The lowest BCUT2D eigenvalue weighted by atomic mass is 10.1. The predicted octanol–water partition coefficient (Wildman–Crippen LogP) is 3.52. The van der Waals surface area contributed by atoms with Crippen LogP contribution in [0.15, 0.2) is 53.5 Å². The molecule has 0 atom stereocenters. The molecule has 0 bridgehead atoms. The summed E-state index contributed by atoms with van der Waals surface area (Å²) in [5.74, 6) is 0.640. The molecule has 2 N–H and O–H groups in total. The summed E-state index contributed by atoms with van der Waals surface area (Å²) in [6, 6.07) is 14.7. The van der Waals surface area contributed by atoms with Crippen molar-refractivity contribution in [3.8, 4) is 0 Å². The van der Waals surface area contributed by atoms with Crippen molar-refractivity contribution < 1.29 is 9.18 Å². The number of aliphatic imine (C=N–C) groups is 1. The lowest BCUT2D eigenvalue weighted by Gasteiger charge is -2.17. The van der Waals surface area contributed by atoms with E-state index in [4.69, 9.17) is 0 Å². The van der Waals surface area contributed by atoms with Crippen LogP contribution in [0.25, 0.3) is 0 Å². The molecule has 0 aromatic heterocycles. The maximum absolute atomic E-state index is 13.2. The van der Waals surface area contributed by atoms with Crippen LogP contribution in [0.2, 0.25) is 0 Å². The van der Waals surface area contributed by atoms with Crippen LogP contribution in [-0.4, -0.2) is 38.5 Å². The Kier molecular flexibility index (Phi) is 9.37. The third kappa shape index (κ3) is 6.69. The quantitative estimate of drug-likeness (QED) is 0.260. The van der Waals surface area contributed by atoms with Gasteiger partial charge in [0.2, 0.25) is 5.91 Å². The Morgan fingerprint density at radius 3 is 2.72 bits per heavy atom. The number of hydrogen-bond acceptors (Lipinski definition) is 2. The van der Waals surface area contributed by atoms with E-state index in [0.717, 1.165) is 30.6 Å². The number of benzene rings is 2. The Bertz CT molecular complexity index is 843. The third-order valence-corrected chi connectivity index (χ3v) is 4.87. The number of nitrogens with one attached hydrogen (secondary N) is 2. The first kappa shape index (κ1) is 23.1. The fourth-order valence-corrected chi connectivity index (χ4v) is 3.42. The molecule has 156 valence electrons. The number of guanidine groups is 1. The number of nitrogens with zero attached hydrogens (tertiary/aromatic N) is 2. The minimum Gasteiger partial charge on any atom is -0.356 e. The second-order valence-electron chi connectivity index (χ2n) is 6.83. The van der Waals surface area contributed by atoms with Crippen molar-refractivity contribution >= 4 is 41.5 Å². The molecule has 1 aliphatic heterocycles. The lowest BCUT2D eigenvalue weighted by Crippen LogP contribution is -2.39. The molecule has 0 saturated carbocycles. The van der Waals surface area contributed by atoms with E-state index in [2.05, 4.69) is 21.7 Å². The lowest BCUT2D eigenvalue weighted by molar-refractivity contribution is -0.118. The van der Waals surface area contributed by atoms with Gasteiger partial charge in [0.25, 0.3) is 0 Å². The van der Waals surface area contributed by atoms with Crippen molar-refractivity contribution in [3.63, 3.8) is 0 Å². The third-order valence-electron chi connectivity index (χ3n) is 4.87. The van der Waals surface area contributed by atoms with E-state index in [9.17, 15) is 9.18 Å².